The largest absolute Gasteiger partial charge is 0.480 e. The zero-order valence-electron chi connectivity index (χ0n) is 6.86. The minimum atomic E-state index is -0.811. The van der Waals surface area contributed by atoms with Crippen LogP contribution in [0.15, 0.2) is 0 Å². The predicted octanol–water partition coefficient (Wildman–Crippen LogP) is -1.66. The number of hydrogen-bond acceptors (Lipinski definition) is 4. The lowest BCUT2D eigenvalue weighted by atomic mass is 10.2. The molecule has 0 bridgehead atoms. The van der Waals surface area contributed by atoms with E-state index in [1.54, 1.807) is 0 Å². The van der Waals surface area contributed by atoms with E-state index in [2.05, 4.69) is 5.32 Å². The molecule has 1 fully saturated rings. The highest BCUT2D eigenvalue weighted by Gasteiger charge is 2.19. The summed E-state index contributed by atoms with van der Waals surface area (Å²) in [6.07, 6.45) is 0. The number of aliphatic carboxylic acids is 1. The molecule has 0 spiro atoms. The number of carboxylic acid groups (broad SMARTS) is 1. The number of carboxylic acids is 1. The summed E-state index contributed by atoms with van der Waals surface area (Å²) in [7, 11) is 0. The number of nitrogens with one attached hydrogen (secondary N) is 1. The van der Waals surface area contributed by atoms with Crippen LogP contribution in [0.25, 0.3) is 0 Å². The fraction of sp³-hybridized carbons (Fsp3) is 0.857. The van der Waals surface area contributed by atoms with Crippen LogP contribution in [0, 0.1) is 0 Å². The van der Waals surface area contributed by atoms with Crippen LogP contribution in [0.1, 0.15) is 0 Å². The molecule has 1 atom stereocenters. The number of aliphatic hydroxyl groups excluding tert-OH is 1. The molecule has 0 aromatic rings. The number of piperazine rings is 1. The molecule has 70 valence electrons. The molecule has 0 aromatic heterocycles. The molecule has 0 aliphatic carbocycles. The van der Waals surface area contributed by atoms with E-state index >= 15 is 0 Å². The van der Waals surface area contributed by atoms with Crippen molar-refractivity contribution in [3.8, 4) is 0 Å². The third-order valence-corrected chi connectivity index (χ3v) is 1.92. The zero-order chi connectivity index (χ0) is 8.97. The summed E-state index contributed by atoms with van der Waals surface area (Å²) in [5.41, 5.74) is 0. The van der Waals surface area contributed by atoms with E-state index in [1.165, 1.54) is 0 Å². The Balaban J connectivity index is 2.30. The Morgan fingerprint density at radius 2 is 2.42 bits per heavy atom. The molecular weight excluding hydrogens is 160 g/mol. The van der Waals surface area contributed by atoms with Crippen molar-refractivity contribution in [1.82, 2.24) is 10.2 Å². The number of hydrogen-bond donors (Lipinski definition) is 3. The second-order valence-corrected chi connectivity index (χ2v) is 2.96. The standard InChI is InChI=1S/C7H14N2O3/c10-5-6-3-9(2-1-8-6)4-7(11)12/h6,8,10H,1-5H2,(H,11,12). The molecule has 1 heterocycles. The summed E-state index contributed by atoms with van der Waals surface area (Å²) in [6.45, 7) is 2.23. The fourth-order valence-electron chi connectivity index (χ4n) is 1.35. The average molecular weight is 174 g/mol. The summed E-state index contributed by atoms with van der Waals surface area (Å²) < 4.78 is 0. The van der Waals surface area contributed by atoms with E-state index in [4.69, 9.17) is 10.2 Å². The van der Waals surface area contributed by atoms with Crippen LogP contribution in [0.2, 0.25) is 0 Å². The lowest BCUT2D eigenvalue weighted by molar-refractivity contribution is -0.138. The minimum absolute atomic E-state index is 0.0260. The molecule has 1 aliphatic rings. The van der Waals surface area contributed by atoms with Gasteiger partial charge < -0.3 is 15.5 Å². The van der Waals surface area contributed by atoms with E-state index in [0.29, 0.717) is 6.54 Å². The first kappa shape index (κ1) is 9.44. The summed E-state index contributed by atoms with van der Waals surface area (Å²) in [6, 6.07) is 0.0260. The van der Waals surface area contributed by atoms with Crippen LogP contribution in [-0.2, 0) is 4.79 Å². The maximum Gasteiger partial charge on any atom is 0.317 e. The first-order valence-corrected chi connectivity index (χ1v) is 4.00. The van der Waals surface area contributed by atoms with E-state index in [-0.39, 0.29) is 19.2 Å². The van der Waals surface area contributed by atoms with Gasteiger partial charge in [-0.3, -0.25) is 9.69 Å². The van der Waals surface area contributed by atoms with Crippen molar-refractivity contribution in [2.24, 2.45) is 0 Å². The Morgan fingerprint density at radius 1 is 1.67 bits per heavy atom. The molecule has 0 aromatic carbocycles. The summed E-state index contributed by atoms with van der Waals surface area (Å²) in [5.74, 6) is -0.811. The first-order chi connectivity index (χ1) is 5.72. The van der Waals surface area contributed by atoms with Gasteiger partial charge in [0.2, 0.25) is 0 Å². The van der Waals surface area contributed by atoms with E-state index < -0.39 is 5.97 Å². The Labute approximate surface area is 71.0 Å². The Kier molecular flexibility index (Phi) is 3.46. The van der Waals surface area contributed by atoms with Gasteiger partial charge in [-0.1, -0.05) is 0 Å². The summed E-state index contributed by atoms with van der Waals surface area (Å²) in [4.78, 5) is 12.2. The van der Waals surface area contributed by atoms with E-state index in [0.717, 1.165) is 13.1 Å². The van der Waals surface area contributed by atoms with Crippen molar-refractivity contribution in [3.05, 3.63) is 0 Å². The predicted molar refractivity (Wildman–Crippen MR) is 43.0 cm³/mol. The smallest absolute Gasteiger partial charge is 0.317 e. The number of rotatable bonds is 3. The van der Waals surface area contributed by atoms with E-state index in [1.807, 2.05) is 4.90 Å². The van der Waals surface area contributed by atoms with Gasteiger partial charge >= 0.3 is 5.97 Å². The van der Waals surface area contributed by atoms with Crippen LogP contribution in [-0.4, -0.2) is 59.9 Å². The molecule has 1 saturated heterocycles. The van der Waals surface area contributed by atoms with Gasteiger partial charge in [-0.25, -0.2) is 0 Å². The van der Waals surface area contributed by atoms with Gasteiger partial charge in [0, 0.05) is 25.7 Å². The lowest BCUT2D eigenvalue weighted by Gasteiger charge is -2.31. The average Bonchev–Trinajstić information content (AvgIpc) is 2.03. The molecule has 0 saturated carbocycles. The maximum atomic E-state index is 10.3. The monoisotopic (exact) mass is 174 g/mol. The van der Waals surface area contributed by atoms with Gasteiger partial charge in [0.1, 0.15) is 0 Å². The van der Waals surface area contributed by atoms with Crippen LogP contribution in [0.3, 0.4) is 0 Å². The molecule has 1 aliphatic heterocycles. The number of aliphatic hydroxyl groups is 1. The van der Waals surface area contributed by atoms with Crippen molar-refractivity contribution >= 4 is 5.97 Å². The normalized spacial score (nSPS) is 25.6. The highest BCUT2D eigenvalue weighted by molar-refractivity contribution is 5.69. The van der Waals surface area contributed by atoms with Gasteiger partial charge in [-0.05, 0) is 0 Å². The Hall–Kier alpha value is -0.650. The van der Waals surface area contributed by atoms with Gasteiger partial charge in [-0.2, -0.15) is 0 Å². The molecule has 0 amide bonds. The molecule has 0 radical (unpaired) electrons. The number of carbonyl (C=O) groups is 1. The summed E-state index contributed by atoms with van der Waals surface area (Å²) in [5, 5.41) is 20.4. The highest BCUT2D eigenvalue weighted by atomic mass is 16.4. The van der Waals surface area contributed by atoms with Crippen molar-refractivity contribution in [1.29, 1.82) is 0 Å². The second-order valence-electron chi connectivity index (χ2n) is 2.96. The van der Waals surface area contributed by atoms with E-state index in [9.17, 15) is 4.79 Å². The zero-order valence-corrected chi connectivity index (χ0v) is 6.86. The van der Waals surface area contributed by atoms with Gasteiger partial charge in [0.15, 0.2) is 0 Å². The third-order valence-electron chi connectivity index (χ3n) is 1.92. The Morgan fingerprint density at radius 3 is 3.00 bits per heavy atom. The van der Waals surface area contributed by atoms with Crippen molar-refractivity contribution in [3.63, 3.8) is 0 Å². The fourth-order valence-corrected chi connectivity index (χ4v) is 1.35. The van der Waals surface area contributed by atoms with Crippen LogP contribution >= 0.6 is 0 Å². The minimum Gasteiger partial charge on any atom is -0.480 e. The topological polar surface area (TPSA) is 72.8 Å². The molecular formula is C7H14N2O3. The highest BCUT2D eigenvalue weighted by Crippen LogP contribution is 1.97. The van der Waals surface area contributed by atoms with Crippen LogP contribution in [0.5, 0.6) is 0 Å². The van der Waals surface area contributed by atoms with Gasteiger partial charge in [-0.15, -0.1) is 0 Å². The van der Waals surface area contributed by atoms with Crippen molar-refractivity contribution < 1.29 is 15.0 Å². The first-order valence-electron chi connectivity index (χ1n) is 4.00. The van der Waals surface area contributed by atoms with Gasteiger partial charge in [0.25, 0.3) is 0 Å². The molecule has 12 heavy (non-hydrogen) atoms. The molecule has 5 heteroatoms. The summed E-state index contributed by atoms with van der Waals surface area (Å²) >= 11 is 0. The lowest BCUT2D eigenvalue weighted by Crippen LogP contribution is -2.53. The third kappa shape index (κ3) is 2.77. The van der Waals surface area contributed by atoms with Crippen molar-refractivity contribution in [2.75, 3.05) is 32.8 Å². The second kappa shape index (κ2) is 4.39. The molecule has 1 rings (SSSR count). The van der Waals surface area contributed by atoms with Crippen LogP contribution in [0.4, 0.5) is 0 Å². The van der Waals surface area contributed by atoms with Crippen molar-refractivity contribution in [2.45, 2.75) is 6.04 Å². The molecule has 1 unspecified atom stereocenters. The maximum absolute atomic E-state index is 10.3. The quantitative estimate of drug-likeness (QED) is 0.477. The SMILES string of the molecule is O=C(O)CN1CCNC(CO)C1. The Bertz CT molecular complexity index is 163. The van der Waals surface area contributed by atoms with Gasteiger partial charge in [0.05, 0.1) is 13.2 Å². The molecule has 3 N–H and O–H groups in total. The molecule has 5 nitrogen and oxygen atoms in total. The van der Waals surface area contributed by atoms with Crippen LogP contribution < -0.4 is 5.32 Å². The number of nitrogens with zero attached hydrogens (tertiary/aromatic N) is 1.